The summed E-state index contributed by atoms with van der Waals surface area (Å²) in [5.41, 5.74) is 0.213. The molecule has 0 aliphatic carbocycles. The molecule has 1 aliphatic rings. The molecule has 1 amide bonds. The number of carboxylic acid groups (broad SMARTS) is 2. The molecule has 1 saturated heterocycles. The predicted octanol–water partition coefficient (Wildman–Crippen LogP) is 3.64. The monoisotopic (exact) mass is 482 g/mol. The summed E-state index contributed by atoms with van der Waals surface area (Å²) in [6.07, 6.45) is 0.528. The number of hydrogen-bond acceptors (Lipinski definition) is 8. The number of rotatable bonds is 7. The Bertz CT molecular complexity index is 1160. The number of carbonyl (C=O) groups is 3. The van der Waals surface area contributed by atoms with Gasteiger partial charge in [0.2, 0.25) is 0 Å². The summed E-state index contributed by atoms with van der Waals surface area (Å²) >= 11 is 12.0. The number of halogens is 1. The van der Waals surface area contributed by atoms with E-state index >= 15 is 0 Å². The van der Waals surface area contributed by atoms with Gasteiger partial charge in [-0.3, -0.25) is 24.6 Å². The Hall–Kier alpha value is -3.22. The molecule has 3 rings (SSSR count). The molecule has 1 atom stereocenters. The molecule has 0 spiro atoms. The summed E-state index contributed by atoms with van der Waals surface area (Å²) < 4.78 is 5.55. The number of nitro groups is 1. The number of carboxylic acids is 2. The third-order valence-corrected chi connectivity index (χ3v) is 5.76. The zero-order valence-electron chi connectivity index (χ0n) is 15.2. The molecule has 1 fully saturated rings. The summed E-state index contributed by atoms with van der Waals surface area (Å²) in [6, 6.07) is 5.30. The van der Waals surface area contributed by atoms with Crippen molar-refractivity contribution >= 4 is 69.5 Å². The van der Waals surface area contributed by atoms with E-state index in [4.69, 9.17) is 33.3 Å². The lowest BCUT2D eigenvalue weighted by Gasteiger charge is -2.21. The van der Waals surface area contributed by atoms with Crippen LogP contribution in [0.25, 0.3) is 17.4 Å². The van der Waals surface area contributed by atoms with E-state index in [0.717, 1.165) is 16.7 Å². The number of thiocarbonyl (C=S) groups is 1. The topological polar surface area (TPSA) is 151 Å². The Balaban J connectivity index is 1.87. The largest absolute Gasteiger partial charge is 0.481 e. The number of non-ortho nitro benzene ring substituents is 1. The smallest absolute Gasteiger partial charge is 0.327 e. The number of hydrogen-bond donors (Lipinski definition) is 2. The fraction of sp³-hybridized carbons (Fsp3) is 0.111. The summed E-state index contributed by atoms with van der Waals surface area (Å²) in [7, 11) is 0. The maximum Gasteiger partial charge on any atom is 0.327 e. The Kier molecular flexibility index (Phi) is 6.43. The third-order valence-electron chi connectivity index (χ3n) is 4.12. The first-order valence-corrected chi connectivity index (χ1v) is 9.94. The van der Waals surface area contributed by atoms with Gasteiger partial charge in [0.1, 0.15) is 21.9 Å². The van der Waals surface area contributed by atoms with Gasteiger partial charge >= 0.3 is 11.9 Å². The average Bonchev–Trinajstić information content (AvgIpc) is 3.24. The number of furan rings is 1. The van der Waals surface area contributed by atoms with E-state index in [-0.39, 0.29) is 31.5 Å². The lowest BCUT2D eigenvalue weighted by atomic mass is 10.1. The minimum Gasteiger partial charge on any atom is -0.481 e. The molecule has 0 saturated carbocycles. The van der Waals surface area contributed by atoms with Gasteiger partial charge in [-0.05, 0) is 18.2 Å². The fourth-order valence-electron chi connectivity index (χ4n) is 2.72. The molecule has 0 unspecified atom stereocenters. The maximum absolute atomic E-state index is 12.6. The molecule has 10 nitrogen and oxygen atoms in total. The van der Waals surface area contributed by atoms with Crippen LogP contribution in [0.2, 0.25) is 5.02 Å². The van der Waals surface area contributed by atoms with Gasteiger partial charge in [-0.2, -0.15) is 0 Å². The van der Waals surface area contributed by atoms with Crippen LogP contribution in [0, 0.1) is 10.1 Å². The van der Waals surface area contributed by atoms with Crippen LogP contribution >= 0.6 is 35.6 Å². The zero-order valence-corrected chi connectivity index (χ0v) is 17.6. The van der Waals surface area contributed by atoms with Gasteiger partial charge in [0, 0.05) is 23.8 Å². The summed E-state index contributed by atoms with van der Waals surface area (Å²) in [5.74, 6) is -3.13. The molecule has 1 aromatic heterocycles. The molecule has 160 valence electrons. The Morgan fingerprint density at radius 3 is 2.61 bits per heavy atom. The van der Waals surface area contributed by atoms with E-state index < -0.39 is 35.2 Å². The highest BCUT2D eigenvalue weighted by Gasteiger charge is 2.41. The van der Waals surface area contributed by atoms with Crippen molar-refractivity contribution in [3.05, 3.63) is 56.1 Å². The summed E-state index contributed by atoms with van der Waals surface area (Å²) in [5, 5.41) is 29.1. The van der Waals surface area contributed by atoms with E-state index in [1.807, 2.05) is 0 Å². The Morgan fingerprint density at radius 2 is 2.03 bits per heavy atom. The highest BCUT2D eigenvalue weighted by atomic mass is 35.5. The number of aliphatic carboxylic acids is 2. The Labute approximate surface area is 188 Å². The van der Waals surface area contributed by atoms with Crippen molar-refractivity contribution in [2.45, 2.75) is 12.5 Å². The minimum absolute atomic E-state index is 0.0531. The molecule has 1 aromatic carbocycles. The van der Waals surface area contributed by atoms with Gasteiger partial charge in [-0.25, -0.2) is 4.79 Å². The van der Waals surface area contributed by atoms with Crippen LogP contribution in [0.15, 0.2) is 39.7 Å². The standard InChI is InChI=1S/C18H11ClN2O8S2/c19-11-5-8(21(27)28)1-3-10(11)13-4-2-9(29-13)6-14-16(24)20(18(30)31-14)12(17(25)26)7-15(22)23/h1-6,12H,7H2,(H,22,23)(H,25,26)/b14-6-/t12-/m0/s1. The number of benzene rings is 1. The van der Waals surface area contributed by atoms with Crippen LogP contribution in [0.3, 0.4) is 0 Å². The molecule has 2 heterocycles. The van der Waals surface area contributed by atoms with E-state index in [2.05, 4.69) is 0 Å². The van der Waals surface area contributed by atoms with Gasteiger partial charge in [-0.1, -0.05) is 35.6 Å². The molecule has 13 heteroatoms. The molecule has 1 aliphatic heterocycles. The summed E-state index contributed by atoms with van der Waals surface area (Å²) in [4.78, 5) is 46.1. The molecular weight excluding hydrogens is 472 g/mol. The molecule has 0 radical (unpaired) electrons. The normalized spacial score (nSPS) is 16.0. The number of nitro benzene ring substituents is 1. The van der Waals surface area contributed by atoms with Crippen molar-refractivity contribution in [1.29, 1.82) is 0 Å². The van der Waals surface area contributed by atoms with Gasteiger partial charge in [0.05, 0.1) is 21.3 Å². The van der Waals surface area contributed by atoms with Crippen molar-refractivity contribution in [3.63, 3.8) is 0 Å². The van der Waals surface area contributed by atoms with E-state index in [9.17, 15) is 29.6 Å². The van der Waals surface area contributed by atoms with Gasteiger partial charge in [-0.15, -0.1) is 0 Å². The van der Waals surface area contributed by atoms with Crippen LogP contribution in [-0.2, 0) is 14.4 Å². The molecular formula is C18H11ClN2O8S2. The van der Waals surface area contributed by atoms with Gasteiger partial charge in [0.15, 0.2) is 0 Å². The fourth-order valence-corrected chi connectivity index (χ4v) is 4.33. The van der Waals surface area contributed by atoms with Gasteiger partial charge in [0.25, 0.3) is 11.6 Å². The number of nitrogens with zero attached hydrogens (tertiary/aromatic N) is 2. The lowest BCUT2D eigenvalue weighted by molar-refractivity contribution is -0.384. The van der Waals surface area contributed by atoms with Gasteiger partial charge < -0.3 is 14.6 Å². The van der Waals surface area contributed by atoms with Crippen LogP contribution in [0.5, 0.6) is 0 Å². The first-order valence-electron chi connectivity index (χ1n) is 8.34. The van der Waals surface area contributed by atoms with Crippen molar-refractivity contribution in [2.24, 2.45) is 0 Å². The highest BCUT2D eigenvalue weighted by molar-refractivity contribution is 8.26. The molecule has 2 aromatic rings. The minimum atomic E-state index is -1.64. The SMILES string of the molecule is O=C(O)C[C@@H](C(=O)O)N1C(=O)/C(=C/c2ccc(-c3ccc([N+](=O)[O-])cc3Cl)o2)SC1=S. The van der Waals surface area contributed by atoms with E-state index in [1.165, 1.54) is 30.3 Å². The second kappa shape index (κ2) is 8.88. The van der Waals surface area contributed by atoms with E-state index in [1.54, 1.807) is 6.07 Å². The average molecular weight is 483 g/mol. The van der Waals surface area contributed by atoms with Crippen LogP contribution in [0.1, 0.15) is 12.2 Å². The zero-order chi connectivity index (χ0) is 22.9. The second-order valence-corrected chi connectivity index (χ2v) is 8.21. The number of amides is 1. The Morgan fingerprint density at radius 1 is 1.32 bits per heavy atom. The number of thioether (sulfide) groups is 1. The van der Waals surface area contributed by atoms with Crippen molar-refractivity contribution in [2.75, 3.05) is 0 Å². The molecule has 31 heavy (non-hydrogen) atoms. The quantitative estimate of drug-likeness (QED) is 0.259. The molecule has 2 N–H and O–H groups in total. The third kappa shape index (κ3) is 4.76. The highest BCUT2D eigenvalue weighted by Crippen LogP contribution is 2.36. The maximum atomic E-state index is 12.6. The number of carbonyl (C=O) groups excluding carboxylic acids is 1. The van der Waals surface area contributed by atoms with Crippen molar-refractivity contribution in [3.8, 4) is 11.3 Å². The molecule has 0 bridgehead atoms. The van der Waals surface area contributed by atoms with Crippen molar-refractivity contribution in [1.82, 2.24) is 4.90 Å². The van der Waals surface area contributed by atoms with E-state index in [0.29, 0.717) is 5.56 Å². The summed E-state index contributed by atoms with van der Waals surface area (Å²) in [6.45, 7) is 0. The lowest BCUT2D eigenvalue weighted by Crippen LogP contribution is -2.45. The predicted molar refractivity (Wildman–Crippen MR) is 114 cm³/mol. The van der Waals surface area contributed by atoms with Crippen LogP contribution in [0.4, 0.5) is 5.69 Å². The first kappa shape index (κ1) is 22.5. The first-order chi connectivity index (χ1) is 14.6. The van der Waals surface area contributed by atoms with Crippen molar-refractivity contribution < 1.29 is 33.9 Å². The van der Waals surface area contributed by atoms with Crippen LogP contribution in [-0.4, -0.2) is 48.2 Å². The van der Waals surface area contributed by atoms with Crippen LogP contribution < -0.4 is 0 Å². The second-order valence-electron chi connectivity index (χ2n) is 6.13.